The molecule has 0 unspecified atom stereocenters. The number of carbonyl (C=O) groups is 1. The molecule has 0 spiro atoms. The summed E-state index contributed by atoms with van der Waals surface area (Å²) in [7, 11) is 0. The van der Waals surface area contributed by atoms with Crippen molar-refractivity contribution in [3.8, 4) is 6.07 Å². The third-order valence-corrected chi connectivity index (χ3v) is 4.91. The molecule has 0 aliphatic heterocycles. The van der Waals surface area contributed by atoms with Gasteiger partial charge in [-0.3, -0.25) is 4.79 Å². The lowest BCUT2D eigenvalue weighted by Gasteiger charge is -2.08. The summed E-state index contributed by atoms with van der Waals surface area (Å²) in [6, 6.07) is 20.0. The number of halogens is 3. The Morgan fingerprint density at radius 3 is 2.34 bits per heavy atom. The maximum absolute atomic E-state index is 13.0. The lowest BCUT2D eigenvalue weighted by Crippen LogP contribution is -2.13. The van der Waals surface area contributed by atoms with Crippen molar-refractivity contribution in [3.05, 3.63) is 105 Å². The predicted octanol–water partition coefficient (Wildman–Crippen LogP) is 6.27. The minimum absolute atomic E-state index is 0.0933. The van der Waals surface area contributed by atoms with E-state index < -0.39 is 11.7 Å². The molecule has 29 heavy (non-hydrogen) atoms. The molecule has 3 nitrogen and oxygen atoms in total. The highest BCUT2D eigenvalue weighted by atomic mass is 35.5. The van der Waals surface area contributed by atoms with Crippen LogP contribution in [0.4, 0.5) is 10.1 Å². The van der Waals surface area contributed by atoms with Crippen LogP contribution in [0.25, 0.3) is 6.08 Å². The number of nitriles is 1. The fourth-order valence-corrected chi connectivity index (χ4v) is 3.15. The summed E-state index contributed by atoms with van der Waals surface area (Å²) >= 11 is 12.6. The van der Waals surface area contributed by atoms with E-state index in [0.29, 0.717) is 27.7 Å². The van der Waals surface area contributed by atoms with Gasteiger partial charge in [-0.1, -0.05) is 53.5 Å². The summed E-state index contributed by atoms with van der Waals surface area (Å²) in [4.78, 5) is 12.3. The maximum Gasteiger partial charge on any atom is 0.266 e. The van der Waals surface area contributed by atoms with E-state index in [1.807, 2.05) is 36.4 Å². The first-order chi connectivity index (χ1) is 14.0. The van der Waals surface area contributed by atoms with E-state index in [0.717, 1.165) is 11.1 Å². The fraction of sp³-hybridized carbons (Fsp3) is 0.0435. The Balaban J connectivity index is 1.78. The Morgan fingerprint density at radius 1 is 1.00 bits per heavy atom. The van der Waals surface area contributed by atoms with Crippen LogP contribution in [0.2, 0.25) is 10.0 Å². The zero-order valence-corrected chi connectivity index (χ0v) is 16.6. The first-order valence-electron chi connectivity index (χ1n) is 8.67. The van der Waals surface area contributed by atoms with Gasteiger partial charge in [0.1, 0.15) is 17.5 Å². The van der Waals surface area contributed by atoms with Gasteiger partial charge in [-0.25, -0.2) is 4.39 Å². The highest BCUT2D eigenvalue weighted by Gasteiger charge is 2.11. The lowest BCUT2D eigenvalue weighted by atomic mass is 10.0. The molecule has 0 atom stereocenters. The van der Waals surface area contributed by atoms with Crippen LogP contribution in [0, 0.1) is 17.1 Å². The maximum atomic E-state index is 13.0. The SMILES string of the molecule is N#C/C(=C\c1ccc(Cc2ccccc2Cl)c(Cl)c1)C(=O)Nc1ccc(F)cc1. The molecule has 0 heterocycles. The molecule has 0 aliphatic rings. The minimum Gasteiger partial charge on any atom is -0.321 e. The van der Waals surface area contributed by atoms with Crippen LogP contribution >= 0.6 is 23.2 Å². The first-order valence-corrected chi connectivity index (χ1v) is 9.42. The zero-order chi connectivity index (χ0) is 20.8. The van der Waals surface area contributed by atoms with Gasteiger partial charge >= 0.3 is 0 Å². The van der Waals surface area contributed by atoms with Crippen LogP contribution in [0.15, 0.2) is 72.3 Å². The Bertz CT molecular complexity index is 1120. The topological polar surface area (TPSA) is 52.9 Å². The number of hydrogen-bond acceptors (Lipinski definition) is 2. The van der Waals surface area contributed by atoms with E-state index in [1.165, 1.54) is 30.3 Å². The highest BCUT2D eigenvalue weighted by molar-refractivity contribution is 6.32. The number of hydrogen-bond donors (Lipinski definition) is 1. The molecule has 0 radical (unpaired) electrons. The third kappa shape index (κ3) is 5.45. The third-order valence-electron chi connectivity index (χ3n) is 4.19. The molecule has 1 N–H and O–H groups in total. The summed E-state index contributed by atoms with van der Waals surface area (Å²) in [5.74, 6) is -0.999. The average molecular weight is 425 g/mol. The summed E-state index contributed by atoms with van der Waals surface area (Å²) in [5.41, 5.74) is 2.75. The molecule has 3 rings (SSSR count). The zero-order valence-electron chi connectivity index (χ0n) is 15.1. The van der Waals surface area contributed by atoms with E-state index >= 15 is 0 Å². The minimum atomic E-state index is -0.588. The number of carbonyl (C=O) groups excluding carboxylic acids is 1. The number of nitrogens with one attached hydrogen (secondary N) is 1. The van der Waals surface area contributed by atoms with E-state index in [4.69, 9.17) is 23.2 Å². The molecule has 0 fully saturated rings. The van der Waals surface area contributed by atoms with Crippen molar-refractivity contribution in [1.29, 1.82) is 5.26 Å². The molecule has 144 valence electrons. The first kappa shape index (κ1) is 20.6. The molecular formula is C23H15Cl2FN2O. The molecule has 1 amide bonds. The van der Waals surface area contributed by atoms with Gasteiger partial charge in [-0.2, -0.15) is 5.26 Å². The monoisotopic (exact) mass is 424 g/mol. The lowest BCUT2D eigenvalue weighted by molar-refractivity contribution is -0.112. The van der Waals surface area contributed by atoms with Crippen LogP contribution < -0.4 is 5.32 Å². The van der Waals surface area contributed by atoms with Gasteiger partial charge in [0.15, 0.2) is 0 Å². The van der Waals surface area contributed by atoms with E-state index in [2.05, 4.69) is 5.32 Å². The van der Waals surface area contributed by atoms with Crippen molar-refractivity contribution in [2.75, 3.05) is 5.32 Å². The molecule has 0 aromatic heterocycles. The van der Waals surface area contributed by atoms with Gasteiger partial charge in [-0.15, -0.1) is 0 Å². The normalized spacial score (nSPS) is 11.0. The molecule has 0 saturated heterocycles. The van der Waals surface area contributed by atoms with Crippen LogP contribution in [0.3, 0.4) is 0 Å². The van der Waals surface area contributed by atoms with E-state index in [1.54, 1.807) is 12.1 Å². The molecular weight excluding hydrogens is 410 g/mol. The summed E-state index contributed by atoms with van der Waals surface area (Å²) in [6.07, 6.45) is 2.02. The van der Waals surface area contributed by atoms with Crippen molar-refractivity contribution in [3.63, 3.8) is 0 Å². The van der Waals surface area contributed by atoms with Crippen molar-refractivity contribution in [1.82, 2.24) is 0 Å². The molecule has 0 saturated carbocycles. The Morgan fingerprint density at radius 2 is 1.69 bits per heavy atom. The largest absolute Gasteiger partial charge is 0.321 e. The van der Waals surface area contributed by atoms with Gasteiger partial charge in [-0.05, 0) is 59.2 Å². The standard InChI is InChI=1S/C23H15Cl2FN2O/c24-21-4-2-1-3-16(21)13-17-6-5-15(12-22(17)25)11-18(14-27)23(29)28-20-9-7-19(26)8-10-20/h1-12H,13H2,(H,28,29)/b18-11+. The molecule has 0 bridgehead atoms. The van der Waals surface area contributed by atoms with Crippen molar-refractivity contribution in [2.24, 2.45) is 0 Å². The Labute approximate surface area is 178 Å². The summed E-state index contributed by atoms with van der Waals surface area (Å²) in [5, 5.41) is 13.1. The molecule has 6 heteroatoms. The Hall–Kier alpha value is -3.13. The smallest absolute Gasteiger partial charge is 0.266 e. The molecule has 0 aliphatic carbocycles. The van der Waals surface area contributed by atoms with Crippen molar-refractivity contribution >= 4 is 40.9 Å². The van der Waals surface area contributed by atoms with E-state index in [-0.39, 0.29) is 5.57 Å². The van der Waals surface area contributed by atoms with Crippen LogP contribution in [0.5, 0.6) is 0 Å². The molecule has 3 aromatic carbocycles. The predicted molar refractivity (Wildman–Crippen MR) is 114 cm³/mol. The summed E-state index contributed by atoms with van der Waals surface area (Å²) in [6.45, 7) is 0. The second-order valence-electron chi connectivity index (χ2n) is 6.25. The van der Waals surface area contributed by atoms with Crippen LogP contribution in [0.1, 0.15) is 16.7 Å². The van der Waals surface area contributed by atoms with Gasteiger partial charge in [0.05, 0.1) is 0 Å². The van der Waals surface area contributed by atoms with Gasteiger partial charge in [0.2, 0.25) is 0 Å². The van der Waals surface area contributed by atoms with Crippen molar-refractivity contribution in [2.45, 2.75) is 6.42 Å². The molecule has 3 aromatic rings. The van der Waals surface area contributed by atoms with E-state index in [9.17, 15) is 14.4 Å². The van der Waals surface area contributed by atoms with Crippen LogP contribution in [-0.4, -0.2) is 5.91 Å². The average Bonchev–Trinajstić information content (AvgIpc) is 2.71. The highest BCUT2D eigenvalue weighted by Crippen LogP contribution is 2.25. The van der Waals surface area contributed by atoms with Gasteiger partial charge < -0.3 is 5.32 Å². The van der Waals surface area contributed by atoms with Crippen LogP contribution in [-0.2, 0) is 11.2 Å². The van der Waals surface area contributed by atoms with Gasteiger partial charge in [0.25, 0.3) is 5.91 Å². The van der Waals surface area contributed by atoms with Crippen molar-refractivity contribution < 1.29 is 9.18 Å². The number of anilines is 1. The number of benzene rings is 3. The Kier molecular flexibility index (Phi) is 6.66. The number of nitrogens with zero attached hydrogens (tertiary/aromatic N) is 1. The second kappa shape index (κ2) is 9.38. The fourth-order valence-electron chi connectivity index (χ4n) is 2.69. The number of rotatable bonds is 5. The summed E-state index contributed by atoms with van der Waals surface area (Å²) < 4.78 is 13.0. The second-order valence-corrected chi connectivity index (χ2v) is 7.06. The van der Waals surface area contributed by atoms with Gasteiger partial charge in [0, 0.05) is 22.2 Å². The number of amides is 1. The quantitative estimate of drug-likeness (QED) is 0.387.